The Morgan fingerprint density at radius 2 is 2.00 bits per heavy atom. The molecule has 0 heterocycles. The van der Waals surface area contributed by atoms with Crippen molar-refractivity contribution in [3.63, 3.8) is 0 Å². The number of hydrogen-bond acceptors (Lipinski definition) is 3. The molecule has 1 aliphatic rings. The van der Waals surface area contributed by atoms with Crippen LogP contribution in [-0.2, 0) is 4.74 Å². The molecule has 0 amide bonds. The van der Waals surface area contributed by atoms with E-state index in [2.05, 4.69) is 10.6 Å². The van der Waals surface area contributed by atoms with Gasteiger partial charge in [-0.05, 0) is 44.6 Å². The molecular formula is C21H34ClN3O2. The van der Waals surface area contributed by atoms with Crippen molar-refractivity contribution >= 4 is 17.6 Å². The molecule has 1 saturated carbocycles. The molecule has 1 unspecified atom stereocenters. The van der Waals surface area contributed by atoms with Crippen molar-refractivity contribution in [3.8, 4) is 0 Å². The van der Waals surface area contributed by atoms with Crippen LogP contribution >= 0.6 is 11.6 Å². The SMILES string of the molecule is CCNC(=NCC1(CCOCC)CCCC1)NCC(O)c1ccccc1Cl. The molecule has 1 atom stereocenters. The molecule has 0 radical (unpaired) electrons. The summed E-state index contributed by atoms with van der Waals surface area (Å²) in [5.41, 5.74) is 0.977. The molecule has 1 aromatic rings. The number of aliphatic hydroxyl groups excluding tert-OH is 1. The van der Waals surface area contributed by atoms with Crippen LogP contribution in [0.15, 0.2) is 29.3 Å². The van der Waals surface area contributed by atoms with Crippen LogP contribution in [0, 0.1) is 5.41 Å². The van der Waals surface area contributed by atoms with Crippen molar-refractivity contribution in [1.29, 1.82) is 0 Å². The van der Waals surface area contributed by atoms with E-state index >= 15 is 0 Å². The molecular weight excluding hydrogens is 362 g/mol. The smallest absolute Gasteiger partial charge is 0.191 e. The number of guanidine groups is 1. The maximum Gasteiger partial charge on any atom is 0.191 e. The molecule has 152 valence electrons. The summed E-state index contributed by atoms with van der Waals surface area (Å²) in [6, 6.07) is 7.38. The second-order valence-electron chi connectivity index (χ2n) is 7.27. The molecule has 6 heteroatoms. The first-order valence-corrected chi connectivity index (χ1v) is 10.5. The number of rotatable bonds is 10. The van der Waals surface area contributed by atoms with Gasteiger partial charge in [0.05, 0.1) is 6.10 Å². The number of nitrogens with one attached hydrogen (secondary N) is 2. The lowest BCUT2D eigenvalue weighted by Gasteiger charge is -2.27. The van der Waals surface area contributed by atoms with E-state index in [1.54, 1.807) is 6.07 Å². The fourth-order valence-corrected chi connectivity index (χ4v) is 3.94. The summed E-state index contributed by atoms with van der Waals surface area (Å²) in [6.45, 7) is 7.59. The monoisotopic (exact) mass is 395 g/mol. The lowest BCUT2D eigenvalue weighted by atomic mass is 9.83. The standard InChI is InChI=1S/C21H34ClN3O2/c1-3-23-20(24-15-19(26)17-9-5-6-10-18(17)22)25-16-21(11-7-8-12-21)13-14-27-4-2/h5-6,9-10,19,26H,3-4,7-8,11-16H2,1-2H3,(H2,23,24,25). The summed E-state index contributed by atoms with van der Waals surface area (Å²) in [5, 5.41) is 17.6. The highest BCUT2D eigenvalue weighted by molar-refractivity contribution is 6.31. The van der Waals surface area contributed by atoms with Gasteiger partial charge in [0.1, 0.15) is 0 Å². The highest BCUT2D eigenvalue weighted by Crippen LogP contribution is 2.41. The molecule has 2 rings (SSSR count). The summed E-state index contributed by atoms with van der Waals surface area (Å²) < 4.78 is 5.59. The number of aliphatic imine (C=N–C) groups is 1. The number of aliphatic hydroxyl groups is 1. The van der Waals surface area contributed by atoms with E-state index in [0.29, 0.717) is 11.6 Å². The first-order valence-electron chi connectivity index (χ1n) is 10.1. The van der Waals surface area contributed by atoms with Crippen molar-refractivity contribution in [1.82, 2.24) is 10.6 Å². The minimum Gasteiger partial charge on any atom is -0.387 e. The van der Waals surface area contributed by atoms with E-state index in [9.17, 15) is 5.11 Å². The van der Waals surface area contributed by atoms with E-state index in [1.165, 1.54) is 25.7 Å². The van der Waals surface area contributed by atoms with Gasteiger partial charge in [0.15, 0.2) is 5.96 Å². The van der Waals surface area contributed by atoms with Crippen molar-refractivity contribution in [2.45, 2.75) is 52.1 Å². The second kappa shape index (κ2) is 11.5. The van der Waals surface area contributed by atoms with Gasteiger partial charge in [-0.2, -0.15) is 0 Å². The van der Waals surface area contributed by atoms with Gasteiger partial charge in [0.25, 0.3) is 0 Å². The first-order chi connectivity index (χ1) is 13.1. The average molecular weight is 396 g/mol. The van der Waals surface area contributed by atoms with E-state index in [4.69, 9.17) is 21.3 Å². The summed E-state index contributed by atoms with van der Waals surface area (Å²) in [7, 11) is 0. The maximum atomic E-state index is 10.4. The normalized spacial score (nSPS) is 17.7. The number of ether oxygens (including phenoxy) is 1. The quantitative estimate of drug-likeness (QED) is 0.319. The molecule has 0 saturated heterocycles. The highest BCUT2D eigenvalue weighted by Gasteiger charge is 2.33. The van der Waals surface area contributed by atoms with Crippen LogP contribution in [0.3, 0.4) is 0 Å². The summed E-state index contributed by atoms with van der Waals surface area (Å²) >= 11 is 6.18. The summed E-state index contributed by atoms with van der Waals surface area (Å²) in [6.07, 6.45) is 5.36. The third-order valence-corrected chi connectivity index (χ3v) is 5.63. The Labute approximate surface area is 168 Å². The lowest BCUT2D eigenvalue weighted by Crippen LogP contribution is -2.40. The Morgan fingerprint density at radius 1 is 1.26 bits per heavy atom. The molecule has 1 aliphatic carbocycles. The molecule has 0 aliphatic heterocycles. The fraction of sp³-hybridized carbons (Fsp3) is 0.667. The zero-order valence-corrected chi connectivity index (χ0v) is 17.4. The van der Waals surface area contributed by atoms with Crippen LogP contribution in [0.4, 0.5) is 0 Å². The van der Waals surface area contributed by atoms with Crippen LogP contribution in [0.25, 0.3) is 0 Å². The molecule has 27 heavy (non-hydrogen) atoms. The lowest BCUT2D eigenvalue weighted by molar-refractivity contribution is 0.107. The number of benzene rings is 1. The summed E-state index contributed by atoms with van der Waals surface area (Å²) in [4.78, 5) is 4.83. The Kier molecular flexibility index (Phi) is 9.39. The Balaban J connectivity index is 1.95. The maximum absolute atomic E-state index is 10.4. The molecule has 0 spiro atoms. The minimum atomic E-state index is -0.680. The van der Waals surface area contributed by atoms with E-state index in [1.807, 2.05) is 32.0 Å². The molecule has 3 N–H and O–H groups in total. The van der Waals surface area contributed by atoms with Gasteiger partial charge in [0.2, 0.25) is 0 Å². The Morgan fingerprint density at radius 3 is 2.67 bits per heavy atom. The van der Waals surface area contributed by atoms with Crippen molar-refractivity contribution in [3.05, 3.63) is 34.9 Å². The molecule has 0 aromatic heterocycles. The number of hydrogen-bond donors (Lipinski definition) is 3. The van der Waals surface area contributed by atoms with Gasteiger partial charge in [-0.1, -0.05) is 42.6 Å². The minimum absolute atomic E-state index is 0.249. The molecule has 1 fully saturated rings. The molecule has 0 bridgehead atoms. The van der Waals surface area contributed by atoms with Gasteiger partial charge in [-0.15, -0.1) is 0 Å². The van der Waals surface area contributed by atoms with Crippen molar-refractivity contribution in [2.24, 2.45) is 10.4 Å². The fourth-order valence-electron chi connectivity index (χ4n) is 3.68. The largest absolute Gasteiger partial charge is 0.387 e. The third-order valence-electron chi connectivity index (χ3n) is 5.29. The van der Waals surface area contributed by atoms with Gasteiger partial charge >= 0.3 is 0 Å². The van der Waals surface area contributed by atoms with Crippen LogP contribution in [0.5, 0.6) is 0 Å². The molecule has 1 aromatic carbocycles. The first kappa shape index (κ1) is 22.0. The predicted octanol–water partition coefficient (Wildman–Crippen LogP) is 3.92. The highest BCUT2D eigenvalue weighted by atomic mass is 35.5. The van der Waals surface area contributed by atoms with Crippen molar-refractivity contribution in [2.75, 3.05) is 32.8 Å². The Bertz CT molecular complexity index is 589. The van der Waals surface area contributed by atoms with Crippen LogP contribution in [0.2, 0.25) is 5.02 Å². The van der Waals surface area contributed by atoms with Crippen LogP contribution in [-0.4, -0.2) is 43.9 Å². The van der Waals surface area contributed by atoms with E-state index in [0.717, 1.165) is 44.2 Å². The van der Waals surface area contributed by atoms with Gasteiger partial charge < -0.3 is 20.5 Å². The van der Waals surface area contributed by atoms with E-state index < -0.39 is 6.10 Å². The number of nitrogens with zero attached hydrogens (tertiary/aromatic N) is 1. The van der Waals surface area contributed by atoms with E-state index in [-0.39, 0.29) is 5.41 Å². The van der Waals surface area contributed by atoms with Gasteiger partial charge in [-0.25, -0.2) is 0 Å². The second-order valence-corrected chi connectivity index (χ2v) is 7.67. The van der Waals surface area contributed by atoms with Crippen LogP contribution < -0.4 is 10.6 Å². The van der Waals surface area contributed by atoms with Crippen LogP contribution in [0.1, 0.15) is 57.6 Å². The van der Waals surface area contributed by atoms with Gasteiger partial charge in [-0.3, -0.25) is 4.99 Å². The van der Waals surface area contributed by atoms with Crippen molar-refractivity contribution < 1.29 is 9.84 Å². The van der Waals surface area contributed by atoms with Gasteiger partial charge in [0, 0.05) is 43.4 Å². The third kappa shape index (κ3) is 6.98. The number of halogens is 1. The average Bonchev–Trinajstić information content (AvgIpc) is 3.13. The topological polar surface area (TPSA) is 65.9 Å². The predicted molar refractivity (Wildman–Crippen MR) is 112 cm³/mol. The Hall–Kier alpha value is -1.30. The zero-order valence-electron chi connectivity index (χ0n) is 16.6. The zero-order chi connectivity index (χ0) is 19.5. The summed E-state index contributed by atoms with van der Waals surface area (Å²) in [5.74, 6) is 0.742. The molecule has 5 nitrogen and oxygen atoms in total.